The number of hydrogen-bond acceptors (Lipinski definition) is 4. The minimum Gasteiger partial charge on any atom is -0.492 e. The van der Waals surface area contributed by atoms with Gasteiger partial charge in [-0.25, -0.2) is 4.98 Å². The van der Waals surface area contributed by atoms with Crippen molar-refractivity contribution in [1.82, 2.24) is 9.55 Å². The standard InChI is InChI=1S/C20H21N3O2S/c1-3-25-18-12-8-7-11-17(18)22-19(24)15(2)26-20-21-13-14-23(20)16-9-5-4-6-10-16/h4-15H,3H2,1-2H3,(H,22,24)/t15-/m1/s1. The topological polar surface area (TPSA) is 56.1 Å². The van der Waals surface area contributed by atoms with Crippen molar-refractivity contribution in [1.29, 1.82) is 0 Å². The first-order valence-corrected chi connectivity index (χ1v) is 9.35. The molecule has 0 saturated heterocycles. The molecule has 134 valence electrons. The van der Waals surface area contributed by atoms with Crippen molar-refractivity contribution in [3.8, 4) is 11.4 Å². The summed E-state index contributed by atoms with van der Waals surface area (Å²) in [6, 6.07) is 17.4. The fourth-order valence-electron chi connectivity index (χ4n) is 2.46. The fraction of sp³-hybridized carbons (Fsp3) is 0.200. The molecule has 1 amide bonds. The van der Waals surface area contributed by atoms with Crippen LogP contribution in [0.4, 0.5) is 5.69 Å². The summed E-state index contributed by atoms with van der Waals surface area (Å²) in [6.07, 6.45) is 3.64. The Kier molecular flexibility index (Phi) is 5.96. The van der Waals surface area contributed by atoms with Gasteiger partial charge in [0.1, 0.15) is 5.75 Å². The third kappa shape index (κ3) is 4.26. The van der Waals surface area contributed by atoms with Crippen LogP contribution in [0.3, 0.4) is 0 Å². The Morgan fingerprint density at radius 3 is 2.69 bits per heavy atom. The molecule has 26 heavy (non-hydrogen) atoms. The molecule has 3 rings (SSSR count). The van der Waals surface area contributed by atoms with Crippen LogP contribution in [0.15, 0.2) is 72.1 Å². The Morgan fingerprint density at radius 1 is 1.19 bits per heavy atom. The predicted octanol–water partition coefficient (Wildman–Crippen LogP) is 4.39. The zero-order chi connectivity index (χ0) is 18.4. The van der Waals surface area contributed by atoms with E-state index >= 15 is 0 Å². The molecule has 5 nitrogen and oxygen atoms in total. The molecule has 0 radical (unpaired) electrons. The summed E-state index contributed by atoms with van der Waals surface area (Å²) in [6.45, 7) is 4.33. The van der Waals surface area contributed by atoms with E-state index in [0.29, 0.717) is 18.0 Å². The van der Waals surface area contributed by atoms with Gasteiger partial charge in [-0.05, 0) is 38.1 Å². The molecule has 1 atom stereocenters. The molecule has 0 aliphatic heterocycles. The summed E-state index contributed by atoms with van der Waals surface area (Å²) >= 11 is 1.42. The number of para-hydroxylation sites is 3. The fourth-order valence-corrected chi connectivity index (χ4v) is 3.34. The van der Waals surface area contributed by atoms with Gasteiger partial charge in [0, 0.05) is 18.1 Å². The van der Waals surface area contributed by atoms with Crippen molar-refractivity contribution in [3.05, 3.63) is 67.0 Å². The van der Waals surface area contributed by atoms with Crippen LogP contribution in [0.2, 0.25) is 0 Å². The quantitative estimate of drug-likeness (QED) is 0.629. The largest absolute Gasteiger partial charge is 0.492 e. The number of thioether (sulfide) groups is 1. The molecular formula is C20H21N3O2S. The number of amides is 1. The van der Waals surface area contributed by atoms with E-state index in [9.17, 15) is 4.79 Å². The molecule has 0 aliphatic carbocycles. The number of anilines is 1. The maximum atomic E-state index is 12.6. The summed E-state index contributed by atoms with van der Waals surface area (Å²) < 4.78 is 7.54. The van der Waals surface area contributed by atoms with Crippen LogP contribution in [-0.4, -0.2) is 27.3 Å². The second-order valence-electron chi connectivity index (χ2n) is 5.59. The van der Waals surface area contributed by atoms with Crippen molar-refractivity contribution in [3.63, 3.8) is 0 Å². The molecule has 0 bridgehead atoms. The van der Waals surface area contributed by atoms with Gasteiger partial charge in [0.2, 0.25) is 5.91 Å². The highest BCUT2D eigenvalue weighted by molar-refractivity contribution is 8.00. The van der Waals surface area contributed by atoms with Gasteiger partial charge < -0.3 is 10.1 Å². The lowest BCUT2D eigenvalue weighted by Gasteiger charge is -2.15. The summed E-state index contributed by atoms with van der Waals surface area (Å²) in [5, 5.41) is 3.41. The van der Waals surface area contributed by atoms with Gasteiger partial charge in [0.15, 0.2) is 5.16 Å². The van der Waals surface area contributed by atoms with E-state index in [-0.39, 0.29) is 11.2 Å². The molecule has 0 aliphatic rings. The first-order chi connectivity index (χ1) is 12.7. The maximum absolute atomic E-state index is 12.6. The van der Waals surface area contributed by atoms with E-state index in [0.717, 1.165) is 10.8 Å². The SMILES string of the molecule is CCOc1ccccc1NC(=O)[C@@H](C)Sc1nccn1-c1ccccc1. The Bertz CT molecular complexity index is 864. The number of nitrogens with zero attached hydrogens (tertiary/aromatic N) is 2. The lowest BCUT2D eigenvalue weighted by molar-refractivity contribution is -0.115. The van der Waals surface area contributed by atoms with Crippen molar-refractivity contribution >= 4 is 23.4 Å². The van der Waals surface area contributed by atoms with Gasteiger partial charge in [-0.1, -0.05) is 42.1 Å². The molecular weight excluding hydrogens is 346 g/mol. The van der Waals surface area contributed by atoms with Gasteiger partial charge in [-0.2, -0.15) is 0 Å². The van der Waals surface area contributed by atoms with E-state index in [1.165, 1.54) is 11.8 Å². The highest BCUT2D eigenvalue weighted by Crippen LogP contribution is 2.28. The van der Waals surface area contributed by atoms with Gasteiger partial charge in [-0.3, -0.25) is 9.36 Å². The Labute approximate surface area is 157 Å². The second kappa shape index (κ2) is 8.58. The lowest BCUT2D eigenvalue weighted by Crippen LogP contribution is -2.23. The van der Waals surface area contributed by atoms with Crippen LogP contribution in [0.1, 0.15) is 13.8 Å². The smallest absolute Gasteiger partial charge is 0.237 e. The number of imidazole rings is 1. The number of benzene rings is 2. The molecule has 0 saturated carbocycles. The highest BCUT2D eigenvalue weighted by atomic mass is 32.2. The number of carbonyl (C=O) groups is 1. The van der Waals surface area contributed by atoms with Gasteiger partial charge in [0.05, 0.1) is 17.5 Å². The maximum Gasteiger partial charge on any atom is 0.237 e. The van der Waals surface area contributed by atoms with Crippen LogP contribution in [0, 0.1) is 0 Å². The lowest BCUT2D eigenvalue weighted by atomic mass is 10.3. The van der Waals surface area contributed by atoms with Crippen LogP contribution in [0.25, 0.3) is 5.69 Å². The number of hydrogen-bond donors (Lipinski definition) is 1. The Balaban J connectivity index is 1.70. The van der Waals surface area contributed by atoms with E-state index < -0.39 is 0 Å². The third-order valence-corrected chi connectivity index (χ3v) is 4.82. The van der Waals surface area contributed by atoms with Crippen LogP contribution in [-0.2, 0) is 4.79 Å². The van der Waals surface area contributed by atoms with E-state index in [1.54, 1.807) is 6.20 Å². The first kappa shape index (κ1) is 18.1. The summed E-state index contributed by atoms with van der Waals surface area (Å²) in [5.41, 5.74) is 1.69. The minimum absolute atomic E-state index is 0.0928. The normalized spacial score (nSPS) is 11.8. The molecule has 1 heterocycles. The van der Waals surface area contributed by atoms with Crippen molar-refractivity contribution in [2.45, 2.75) is 24.3 Å². The number of carbonyl (C=O) groups excluding carboxylic acids is 1. The summed E-state index contributed by atoms with van der Waals surface area (Å²) in [7, 11) is 0. The minimum atomic E-state index is -0.311. The summed E-state index contributed by atoms with van der Waals surface area (Å²) in [4.78, 5) is 17.0. The van der Waals surface area contributed by atoms with E-state index in [1.807, 2.05) is 79.2 Å². The number of nitrogens with one attached hydrogen (secondary N) is 1. The highest BCUT2D eigenvalue weighted by Gasteiger charge is 2.19. The van der Waals surface area contributed by atoms with Crippen LogP contribution in [0.5, 0.6) is 5.75 Å². The second-order valence-corrected chi connectivity index (χ2v) is 6.90. The van der Waals surface area contributed by atoms with Crippen molar-refractivity contribution in [2.24, 2.45) is 0 Å². The van der Waals surface area contributed by atoms with E-state index in [2.05, 4.69) is 10.3 Å². The van der Waals surface area contributed by atoms with Crippen LogP contribution >= 0.6 is 11.8 Å². The van der Waals surface area contributed by atoms with Crippen LogP contribution < -0.4 is 10.1 Å². The molecule has 1 aromatic heterocycles. The molecule has 6 heteroatoms. The molecule has 3 aromatic rings. The van der Waals surface area contributed by atoms with Crippen molar-refractivity contribution in [2.75, 3.05) is 11.9 Å². The predicted molar refractivity (Wildman–Crippen MR) is 105 cm³/mol. The molecule has 0 fully saturated rings. The van der Waals surface area contributed by atoms with Crippen molar-refractivity contribution < 1.29 is 9.53 Å². The Hall–Kier alpha value is -2.73. The number of rotatable bonds is 7. The zero-order valence-corrected chi connectivity index (χ0v) is 15.6. The van der Waals surface area contributed by atoms with Gasteiger partial charge >= 0.3 is 0 Å². The molecule has 0 unspecified atom stereocenters. The monoisotopic (exact) mass is 367 g/mol. The third-order valence-electron chi connectivity index (χ3n) is 3.74. The average Bonchev–Trinajstić information content (AvgIpc) is 3.12. The summed E-state index contributed by atoms with van der Waals surface area (Å²) in [5.74, 6) is 0.580. The molecule has 2 aromatic carbocycles. The first-order valence-electron chi connectivity index (χ1n) is 8.47. The number of ether oxygens (including phenoxy) is 1. The zero-order valence-electron chi connectivity index (χ0n) is 14.8. The average molecular weight is 367 g/mol. The number of aromatic nitrogens is 2. The Morgan fingerprint density at radius 2 is 1.92 bits per heavy atom. The molecule has 0 spiro atoms. The molecule has 1 N–H and O–H groups in total. The van der Waals surface area contributed by atoms with Gasteiger partial charge in [0.25, 0.3) is 0 Å². The van der Waals surface area contributed by atoms with E-state index in [4.69, 9.17) is 4.74 Å². The van der Waals surface area contributed by atoms with Gasteiger partial charge in [-0.15, -0.1) is 0 Å².